The molecule has 1 aliphatic rings. The molecule has 5 nitrogen and oxygen atoms in total. The minimum Gasteiger partial charge on any atom is -0.390 e. The highest BCUT2D eigenvalue weighted by atomic mass is 31.0. The molecule has 2 atom stereocenters. The lowest BCUT2D eigenvalue weighted by Crippen LogP contribution is -2.29. The van der Waals surface area contributed by atoms with Crippen LogP contribution in [0.3, 0.4) is 0 Å². The highest BCUT2D eigenvalue weighted by molar-refractivity contribution is 7.18. The van der Waals surface area contributed by atoms with Gasteiger partial charge in [-0.3, -0.25) is 14.6 Å². The SMILES string of the molecule is CN/C(=C\C=C/C=O)CNC(=O)c1cnc2c(C3=CCC(C(F)(F)P)CC3)cccc2c1. The second-order valence-electron chi connectivity index (χ2n) is 7.62. The third-order valence-corrected chi connectivity index (χ3v) is 5.99. The number of rotatable bonds is 8. The number of alkyl halides is 2. The number of halogens is 2. The number of carbonyl (C=O) groups is 2. The Morgan fingerprint density at radius 1 is 1.34 bits per heavy atom. The number of pyridine rings is 1. The molecular formula is C24H26F2N3O2P. The Morgan fingerprint density at radius 2 is 2.16 bits per heavy atom. The largest absolute Gasteiger partial charge is 0.390 e. The molecule has 0 fully saturated rings. The second kappa shape index (κ2) is 10.6. The van der Waals surface area contributed by atoms with Gasteiger partial charge in [0.15, 0.2) is 0 Å². The molecule has 0 saturated heterocycles. The molecule has 0 radical (unpaired) electrons. The minimum atomic E-state index is -2.76. The normalized spacial score (nSPS) is 17.3. The van der Waals surface area contributed by atoms with E-state index in [0.29, 0.717) is 31.1 Å². The van der Waals surface area contributed by atoms with Crippen LogP contribution in [0.4, 0.5) is 8.78 Å². The van der Waals surface area contributed by atoms with E-state index in [0.717, 1.165) is 27.7 Å². The van der Waals surface area contributed by atoms with Gasteiger partial charge in [0.05, 0.1) is 17.6 Å². The summed E-state index contributed by atoms with van der Waals surface area (Å²) < 4.78 is 27.2. The quantitative estimate of drug-likeness (QED) is 0.266. The number of amides is 1. The average molecular weight is 457 g/mol. The van der Waals surface area contributed by atoms with E-state index in [2.05, 4.69) is 15.6 Å². The van der Waals surface area contributed by atoms with Gasteiger partial charge in [-0.05, 0) is 43.1 Å². The molecule has 0 saturated carbocycles. The number of benzene rings is 1. The summed E-state index contributed by atoms with van der Waals surface area (Å²) in [7, 11) is 3.38. The highest BCUT2D eigenvalue weighted by Gasteiger charge is 2.35. The van der Waals surface area contributed by atoms with Gasteiger partial charge in [-0.15, -0.1) is 0 Å². The first-order chi connectivity index (χ1) is 15.3. The molecular weight excluding hydrogens is 431 g/mol. The maximum absolute atomic E-state index is 13.6. The van der Waals surface area contributed by atoms with Gasteiger partial charge in [-0.1, -0.05) is 39.6 Å². The van der Waals surface area contributed by atoms with Crippen LogP contribution in [0.2, 0.25) is 0 Å². The van der Waals surface area contributed by atoms with Crippen LogP contribution in [0, 0.1) is 5.92 Å². The summed E-state index contributed by atoms with van der Waals surface area (Å²) in [6.07, 6.45) is 10.1. The number of nitrogens with one attached hydrogen (secondary N) is 2. The molecule has 168 valence electrons. The van der Waals surface area contributed by atoms with Crippen LogP contribution in [0.15, 0.2) is 60.5 Å². The van der Waals surface area contributed by atoms with Crippen molar-refractivity contribution in [2.75, 3.05) is 13.6 Å². The molecule has 1 amide bonds. The number of aromatic nitrogens is 1. The van der Waals surface area contributed by atoms with Crippen molar-refractivity contribution < 1.29 is 18.4 Å². The van der Waals surface area contributed by atoms with Crippen molar-refractivity contribution in [1.82, 2.24) is 15.6 Å². The number of carbonyl (C=O) groups excluding carboxylic acids is 2. The number of fused-ring (bicyclic) bond motifs is 1. The van der Waals surface area contributed by atoms with Crippen molar-refractivity contribution in [3.8, 4) is 0 Å². The zero-order valence-electron chi connectivity index (χ0n) is 17.8. The standard InChI is InChI=1S/C24H26F2N3O2P/c1-27-20(6-2-3-12-30)15-29-23(31)18-13-17-5-4-7-21(22(17)28-14-18)16-8-10-19(11-9-16)24(25,26)32/h2-8,12-14,19,27H,9-11,15,32H2,1H3,(H,29,31)/b3-2-,20-6-. The van der Waals surface area contributed by atoms with Crippen LogP contribution in [0.1, 0.15) is 35.2 Å². The molecule has 3 rings (SSSR count). The molecule has 0 bridgehead atoms. The summed E-state index contributed by atoms with van der Waals surface area (Å²) in [4.78, 5) is 27.5. The lowest BCUT2D eigenvalue weighted by molar-refractivity contribution is -0.104. The van der Waals surface area contributed by atoms with E-state index in [1.807, 2.05) is 24.3 Å². The van der Waals surface area contributed by atoms with E-state index in [4.69, 9.17) is 0 Å². The number of allylic oxidation sites excluding steroid dienone is 5. The van der Waals surface area contributed by atoms with E-state index < -0.39 is 11.6 Å². The van der Waals surface area contributed by atoms with Crippen LogP contribution in [-0.2, 0) is 4.79 Å². The fraction of sp³-hybridized carbons (Fsp3) is 0.292. The van der Waals surface area contributed by atoms with Gasteiger partial charge >= 0.3 is 0 Å². The Balaban J connectivity index is 1.77. The summed E-state index contributed by atoms with van der Waals surface area (Å²) in [6.45, 7) is 0.269. The lowest BCUT2D eigenvalue weighted by Gasteiger charge is -2.27. The summed E-state index contributed by atoms with van der Waals surface area (Å²) in [5, 5.41) is 6.60. The third-order valence-electron chi connectivity index (χ3n) is 5.52. The summed E-state index contributed by atoms with van der Waals surface area (Å²) in [5.74, 6) is -0.937. The fourth-order valence-electron chi connectivity index (χ4n) is 3.70. The van der Waals surface area contributed by atoms with Crippen molar-refractivity contribution in [2.24, 2.45) is 5.92 Å². The van der Waals surface area contributed by atoms with E-state index in [1.165, 1.54) is 12.3 Å². The minimum absolute atomic E-state index is 0.269. The van der Waals surface area contributed by atoms with E-state index >= 15 is 0 Å². The van der Waals surface area contributed by atoms with Gasteiger partial charge in [0.1, 0.15) is 6.29 Å². The Kier molecular flexibility index (Phi) is 7.86. The van der Waals surface area contributed by atoms with Crippen LogP contribution in [-0.4, -0.2) is 36.4 Å². The molecule has 2 N–H and O–H groups in total. The predicted molar refractivity (Wildman–Crippen MR) is 126 cm³/mol. The Labute approximate surface area is 188 Å². The van der Waals surface area contributed by atoms with Crippen LogP contribution >= 0.6 is 9.24 Å². The molecule has 0 spiro atoms. The van der Waals surface area contributed by atoms with Gasteiger partial charge in [0.2, 0.25) is 0 Å². The average Bonchev–Trinajstić information content (AvgIpc) is 2.80. The molecule has 2 aromatic rings. The van der Waals surface area contributed by atoms with Gasteiger partial charge < -0.3 is 10.6 Å². The smallest absolute Gasteiger partial charge is 0.262 e. The van der Waals surface area contributed by atoms with Gasteiger partial charge in [0.25, 0.3) is 11.6 Å². The van der Waals surface area contributed by atoms with Crippen LogP contribution in [0.25, 0.3) is 16.5 Å². The van der Waals surface area contributed by atoms with Crippen molar-refractivity contribution in [3.63, 3.8) is 0 Å². The number of para-hydroxylation sites is 1. The van der Waals surface area contributed by atoms with Crippen molar-refractivity contribution in [2.45, 2.75) is 24.9 Å². The van der Waals surface area contributed by atoms with Crippen molar-refractivity contribution >= 4 is 37.9 Å². The van der Waals surface area contributed by atoms with E-state index in [-0.39, 0.29) is 12.5 Å². The number of hydrogen-bond acceptors (Lipinski definition) is 4. The van der Waals surface area contributed by atoms with Crippen LogP contribution < -0.4 is 10.6 Å². The van der Waals surface area contributed by atoms with E-state index in [9.17, 15) is 18.4 Å². The van der Waals surface area contributed by atoms with Crippen molar-refractivity contribution in [3.05, 3.63) is 71.6 Å². The summed E-state index contributed by atoms with van der Waals surface area (Å²) in [5.41, 5.74) is 1.09. The van der Waals surface area contributed by atoms with Crippen molar-refractivity contribution in [1.29, 1.82) is 0 Å². The fourth-order valence-corrected chi connectivity index (χ4v) is 4.00. The molecule has 1 aromatic carbocycles. The number of likely N-dealkylation sites (N-methyl/N-ethyl adjacent to an activating group) is 1. The van der Waals surface area contributed by atoms with Gasteiger partial charge in [0, 0.05) is 35.8 Å². The van der Waals surface area contributed by atoms with E-state index in [1.54, 1.807) is 34.5 Å². The predicted octanol–water partition coefficient (Wildman–Crippen LogP) is 4.47. The molecule has 1 aliphatic carbocycles. The zero-order valence-corrected chi connectivity index (χ0v) is 18.9. The molecule has 1 aromatic heterocycles. The topological polar surface area (TPSA) is 71.1 Å². The highest BCUT2D eigenvalue weighted by Crippen LogP contribution is 2.42. The molecule has 2 unspecified atom stereocenters. The monoisotopic (exact) mass is 457 g/mol. The maximum atomic E-state index is 13.6. The molecule has 32 heavy (non-hydrogen) atoms. The van der Waals surface area contributed by atoms with Gasteiger partial charge in [-0.2, -0.15) is 0 Å². The Bertz CT molecular complexity index is 1090. The lowest BCUT2D eigenvalue weighted by atomic mass is 9.86. The second-order valence-corrected chi connectivity index (χ2v) is 8.39. The number of hydrogen-bond donors (Lipinski definition) is 2. The molecule has 8 heteroatoms. The number of nitrogens with zero attached hydrogens (tertiary/aromatic N) is 1. The Hall–Kier alpha value is -2.92. The first-order valence-corrected chi connectivity index (χ1v) is 10.9. The summed E-state index contributed by atoms with van der Waals surface area (Å²) in [6, 6.07) is 7.49. The molecule has 0 aliphatic heterocycles. The first kappa shape index (κ1) is 23.7. The maximum Gasteiger partial charge on any atom is 0.262 e. The third kappa shape index (κ3) is 5.86. The first-order valence-electron chi connectivity index (χ1n) is 10.3. The van der Waals surface area contributed by atoms with Crippen LogP contribution in [0.5, 0.6) is 0 Å². The molecule has 1 heterocycles. The summed E-state index contributed by atoms with van der Waals surface area (Å²) >= 11 is 0. The zero-order chi connectivity index (χ0) is 23.1. The number of aldehydes is 1. The Morgan fingerprint density at radius 3 is 2.81 bits per heavy atom. The van der Waals surface area contributed by atoms with Gasteiger partial charge in [-0.25, -0.2) is 8.78 Å².